The maximum absolute atomic E-state index is 11.1. The molecule has 0 radical (unpaired) electrons. The summed E-state index contributed by atoms with van der Waals surface area (Å²) in [4.78, 5) is 0. The van der Waals surface area contributed by atoms with Crippen LogP contribution < -0.4 is 5.14 Å². The van der Waals surface area contributed by atoms with Crippen molar-refractivity contribution in [3.8, 4) is 0 Å². The van der Waals surface area contributed by atoms with Crippen LogP contribution in [0.15, 0.2) is 30.3 Å². The summed E-state index contributed by atoms with van der Waals surface area (Å²) < 4.78 is 27.8. The van der Waals surface area contributed by atoms with E-state index in [1.165, 1.54) is 5.56 Å². The van der Waals surface area contributed by atoms with Crippen molar-refractivity contribution in [3.63, 3.8) is 0 Å². The van der Waals surface area contributed by atoms with Crippen molar-refractivity contribution >= 4 is 10.0 Å². The van der Waals surface area contributed by atoms with Gasteiger partial charge in [-0.1, -0.05) is 43.7 Å². The Balaban J connectivity index is 2.20. The van der Waals surface area contributed by atoms with Gasteiger partial charge in [0.15, 0.2) is 0 Å². The topological polar surface area (TPSA) is 69.4 Å². The van der Waals surface area contributed by atoms with Crippen LogP contribution in [0.3, 0.4) is 0 Å². The highest BCUT2D eigenvalue weighted by atomic mass is 32.2. The summed E-state index contributed by atoms with van der Waals surface area (Å²) in [5.74, 6) is 0.0196. The van der Waals surface area contributed by atoms with E-state index in [2.05, 4.69) is 12.1 Å². The Labute approximate surface area is 122 Å². The molecule has 1 unspecified atom stereocenters. The number of hydrogen-bond donors (Lipinski definition) is 1. The molecule has 0 heterocycles. The predicted octanol–water partition coefficient (Wildman–Crippen LogP) is 2.34. The highest BCUT2D eigenvalue weighted by Gasteiger charge is 2.15. The number of benzene rings is 1. The van der Waals surface area contributed by atoms with Crippen molar-refractivity contribution < 1.29 is 13.2 Å². The quantitative estimate of drug-likeness (QED) is 0.674. The lowest BCUT2D eigenvalue weighted by molar-refractivity contribution is 0.101. The first-order valence-electron chi connectivity index (χ1n) is 7.13. The van der Waals surface area contributed by atoms with Gasteiger partial charge in [-0.05, 0) is 30.7 Å². The summed E-state index contributed by atoms with van der Waals surface area (Å²) in [5.41, 5.74) is 1.30. The molecule has 1 rings (SSSR count). The smallest absolute Gasteiger partial charge is 0.209 e. The molecule has 1 aromatic carbocycles. The molecule has 20 heavy (non-hydrogen) atoms. The van der Waals surface area contributed by atoms with Crippen LogP contribution in [0.5, 0.6) is 0 Å². The lowest BCUT2D eigenvalue weighted by Gasteiger charge is -2.15. The van der Waals surface area contributed by atoms with Gasteiger partial charge in [0, 0.05) is 6.61 Å². The summed E-state index contributed by atoms with van der Waals surface area (Å²) in [5, 5.41) is 5.09. The molecule has 114 valence electrons. The number of nitrogens with two attached hydrogens (primary N) is 1. The van der Waals surface area contributed by atoms with E-state index in [4.69, 9.17) is 9.88 Å². The van der Waals surface area contributed by atoms with Gasteiger partial charge in [0.1, 0.15) is 0 Å². The Morgan fingerprint density at radius 3 is 2.55 bits per heavy atom. The van der Waals surface area contributed by atoms with E-state index >= 15 is 0 Å². The highest BCUT2D eigenvalue weighted by Crippen LogP contribution is 2.10. The third-order valence-corrected chi connectivity index (χ3v) is 4.05. The molecule has 0 spiro atoms. The second-order valence-corrected chi connectivity index (χ2v) is 6.81. The fourth-order valence-corrected chi connectivity index (χ4v) is 3.14. The SMILES string of the molecule is CCCC(COCCCc1ccccc1)CS(N)(=O)=O. The molecule has 4 nitrogen and oxygen atoms in total. The Bertz CT molecular complexity index is 459. The minimum Gasteiger partial charge on any atom is -0.381 e. The number of ether oxygens (including phenoxy) is 1. The normalized spacial score (nSPS) is 13.3. The van der Waals surface area contributed by atoms with Crippen molar-refractivity contribution in [2.45, 2.75) is 32.6 Å². The fourth-order valence-electron chi connectivity index (χ4n) is 2.22. The van der Waals surface area contributed by atoms with Crippen LogP contribution in [-0.2, 0) is 21.2 Å². The molecule has 1 aromatic rings. The third kappa shape index (κ3) is 8.30. The van der Waals surface area contributed by atoms with E-state index in [0.29, 0.717) is 13.2 Å². The zero-order chi connectivity index (χ0) is 14.8. The molecule has 0 amide bonds. The Hall–Kier alpha value is -0.910. The zero-order valence-corrected chi connectivity index (χ0v) is 12.9. The van der Waals surface area contributed by atoms with Gasteiger partial charge in [-0.2, -0.15) is 0 Å². The van der Waals surface area contributed by atoms with Crippen LogP contribution in [0.1, 0.15) is 31.7 Å². The maximum atomic E-state index is 11.1. The highest BCUT2D eigenvalue weighted by molar-refractivity contribution is 7.89. The summed E-state index contributed by atoms with van der Waals surface area (Å²) in [6, 6.07) is 10.3. The summed E-state index contributed by atoms with van der Waals surface area (Å²) in [6.07, 6.45) is 3.69. The Morgan fingerprint density at radius 2 is 1.95 bits per heavy atom. The number of sulfonamides is 1. The van der Waals surface area contributed by atoms with E-state index < -0.39 is 10.0 Å². The summed E-state index contributed by atoms with van der Waals surface area (Å²) >= 11 is 0. The molecule has 1 atom stereocenters. The first kappa shape index (κ1) is 17.1. The lowest BCUT2D eigenvalue weighted by atomic mass is 10.1. The largest absolute Gasteiger partial charge is 0.381 e. The zero-order valence-electron chi connectivity index (χ0n) is 12.1. The minimum atomic E-state index is -3.41. The average Bonchev–Trinajstić information content (AvgIpc) is 2.38. The van der Waals surface area contributed by atoms with Gasteiger partial charge >= 0.3 is 0 Å². The van der Waals surface area contributed by atoms with Crippen molar-refractivity contribution in [3.05, 3.63) is 35.9 Å². The molecule has 0 aliphatic carbocycles. The van der Waals surface area contributed by atoms with Crippen molar-refractivity contribution in [2.24, 2.45) is 11.1 Å². The Kier molecular flexibility index (Phi) is 7.80. The van der Waals surface area contributed by atoms with Crippen LogP contribution >= 0.6 is 0 Å². The molecular weight excluding hydrogens is 274 g/mol. The minimum absolute atomic E-state index is 0.00623. The van der Waals surface area contributed by atoms with Gasteiger partial charge < -0.3 is 4.74 Å². The molecule has 0 aliphatic heterocycles. The van der Waals surface area contributed by atoms with E-state index in [0.717, 1.165) is 25.7 Å². The van der Waals surface area contributed by atoms with Gasteiger partial charge in [0.25, 0.3) is 0 Å². The van der Waals surface area contributed by atoms with Crippen molar-refractivity contribution in [1.29, 1.82) is 0 Å². The fraction of sp³-hybridized carbons (Fsp3) is 0.600. The number of hydrogen-bond acceptors (Lipinski definition) is 3. The van der Waals surface area contributed by atoms with Crippen molar-refractivity contribution in [1.82, 2.24) is 0 Å². The van der Waals surface area contributed by atoms with Crippen LogP contribution in [0, 0.1) is 5.92 Å². The van der Waals surface area contributed by atoms with Gasteiger partial charge in [0.05, 0.1) is 12.4 Å². The predicted molar refractivity (Wildman–Crippen MR) is 82.0 cm³/mol. The molecule has 0 fully saturated rings. The van der Waals surface area contributed by atoms with Crippen LogP contribution in [0.25, 0.3) is 0 Å². The average molecular weight is 299 g/mol. The van der Waals surface area contributed by atoms with Gasteiger partial charge in [-0.3, -0.25) is 0 Å². The molecule has 0 aliphatic rings. The molecule has 5 heteroatoms. The van der Waals surface area contributed by atoms with E-state index in [1.54, 1.807) is 0 Å². The second-order valence-electron chi connectivity index (χ2n) is 5.15. The molecule has 0 aromatic heterocycles. The second kappa shape index (κ2) is 9.10. The van der Waals surface area contributed by atoms with Crippen LogP contribution in [0.2, 0.25) is 0 Å². The van der Waals surface area contributed by atoms with Gasteiger partial charge in [-0.15, -0.1) is 0 Å². The van der Waals surface area contributed by atoms with Gasteiger partial charge in [-0.25, -0.2) is 13.6 Å². The van der Waals surface area contributed by atoms with E-state index in [1.807, 2.05) is 25.1 Å². The molecule has 0 saturated heterocycles. The van der Waals surface area contributed by atoms with Crippen LogP contribution in [-0.4, -0.2) is 27.4 Å². The summed E-state index contributed by atoms with van der Waals surface area (Å²) in [6.45, 7) is 3.16. The molecule has 0 saturated carbocycles. The van der Waals surface area contributed by atoms with Crippen LogP contribution in [0.4, 0.5) is 0 Å². The third-order valence-electron chi connectivity index (χ3n) is 3.12. The first-order valence-corrected chi connectivity index (χ1v) is 8.85. The monoisotopic (exact) mass is 299 g/mol. The first-order chi connectivity index (χ1) is 9.51. The summed E-state index contributed by atoms with van der Waals surface area (Å²) in [7, 11) is -3.41. The Morgan fingerprint density at radius 1 is 1.25 bits per heavy atom. The maximum Gasteiger partial charge on any atom is 0.209 e. The molecule has 2 N–H and O–H groups in total. The molecule has 0 bridgehead atoms. The van der Waals surface area contributed by atoms with E-state index in [-0.39, 0.29) is 11.7 Å². The van der Waals surface area contributed by atoms with Gasteiger partial charge in [0.2, 0.25) is 10.0 Å². The number of primary sulfonamides is 1. The van der Waals surface area contributed by atoms with E-state index in [9.17, 15) is 8.42 Å². The lowest BCUT2D eigenvalue weighted by Crippen LogP contribution is -2.26. The number of aryl methyl sites for hydroxylation is 1. The molecular formula is C15H25NO3S. The van der Waals surface area contributed by atoms with Crippen molar-refractivity contribution in [2.75, 3.05) is 19.0 Å². The number of rotatable bonds is 10. The standard InChI is InChI=1S/C15H25NO3S/c1-2-7-15(13-20(16,17)18)12-19-11-6-10-14-8-4-3-5-9-14/h3-5,8-9,15H,2,6-7,10-13H2,1H3,(H2,16,17,18).